The molecule has 6 heavy (non-hydrogen) atoms. The van der Waals surface area contributed by atoms with Gasteiger partial charge in [0, 0.05) is 5.75 Å². The zero-order valence-electron chi connectivity index (χ0n) is 3.81. The van der Waals surface area contributed by atoms with Gasteiger partial charge in [0.1, 0.15) is 0 Å². The minimum atomic E-state index is 0.654. The Bertz CT molecular complexity index is 22.8. The van der Waals surface area contributed by atoms with E-state index in [2.05, 4.69) is 4.84 Å². The number of hydrogen-bond donors (Lipinski definition) is 1. The van der Waals surface area contributed by atoms with Crippen molar-refractivity contribution in [3.63, 3.8) is 0 Å². The molecular weight excluding hydrogens is 98.1 g/mol. The zero-order valence-corrected chi connectivity index (χ0v) is 4.62. The van der Waals surface area contributed by atoms with E-state index in [1.54, 1.807) is 11.8 Å². The molecule has 0 aromatic rings. The Hall–Kier alpha value is 0.270. The Morgan fingerprint density at radius 3 is 2.67 bits per heavy atom. The van der Waals surface area contributed by atoms with Crippen molar-refractivity contribution in [3.8, 4) is 0 Å². The van der Waals surface area contributed by atoms with Gasteiger partial charge in [-0.25, -0.2) is 5.90 Å². The summed E-state index contributed by atoms with van der Waals surface area (Å²) in [5.74, 6) is 5.68. The van der Waals surface area contributed by atoms with Crippen molar-refractivity contribution >= 4 is 11.8 Å². The lowest BCUT2D eigenvalue weighted by Crippen LogP contribution is -2.01. The molecule has 0 fully saturated rings. The van der Waals surface area contributed by atoms with Gasteiger partial charge in [-0.2, -0.15) is 11.8 Å². The van der Waals surface area contributed by atoms with Crippen molar-refractivity contribution in [1.29, 1.82) is 0 Å². The molecule has 2 nitrogen and oxygen atoms in total. The lowest BCUT2D eigenvalue weighted by Gasteiger charge is -1.88. The van der Waals surface area contributed by atoms with Crippen LogP contribution in [0.15, 0.2) is 0 Å². The van der Waals surface area contributed by atoms with Gasteiger partial charge in [-0.15, -0.1) is 0 Å². The van der Waals surface area contributed by atoms with Crippen LogP contribution in [0.4, 0.5) is 0 Å². The van der Waals surface area contributed by atoms with E-state index >= 15 is 0 Å². The summed E-state index contributed by atoms with van der Waals surface area (Å²) in [6.45, 7) is 0.654. The van der Waals surface area contributed by atoms with Crippen LogP contribution in [0.25, 0.3) is 0 Å². The van der Waals surface area contributed by atoms with Crippen LogP contribution >= 0.6 is 11.8 Å². The summed E-state index contributed by atoms with van der Waals surface area (Å²) in [6.07, 6.45) is 2.01. The van der Waals surface area contributed by atoms with E-state index in [0.717, 1.165) is 5.75 Å². The maximum atomic E-state index is 4.70. The Balaban J connectivity index is 2.34. The zero-order chi connectivity index (χ0) is 4.83. The molecule has 0 atom stereocenters. The van der Waals surface area contributed by atoms with Crippen LogP contribution < -0.4 is 5.90 Å². The highest BCUT2D eigenvalue weighted by Gasteiger charge is 1.75. The van der Waals surface area contributed by atoms with Crippen LogP contribution in [-0.4, -0.2) is 18.6 Å². The second kappa shape index (κ2) is 5.27. The molecule has 0 aromatic heterocycles. The average molecular weight is 107 g/mol. The van der Waals surface area contributed by atoms with E-state index < -0.39 is 0 Å². The van der Waals surface area contributed by atoms with Crippen molar-refractivity contribution in [1.82, 2.24) is 0 Å². The Morgan fingerprint density at radius 2 is 2.50 bits per heavy atom. The van der Waals surface area contributed by atoms with Gasteiger partial charge in [0.25, 0.3) is 0 Å². The molecule has 0 amide bonds. The third-order valence-corrected chi connectivity index (χ3v) is 0.980. The summed E-state index contributed by atoms with van der Waals surface area (Å²) in [4.78, 5) is 4.26. The molecule has 0 aromatic carbocycles. The van der Waals surface area contributed by atoms with Crippen LogP contribution in [-0.2, 0) is 4.84 Å². The van der Waals surface area contributed by atoms with Gasteiger partial charge in [0.15, 0.2) is 0 Å². The van der Waals surface area contributed by atoms with Gasteiger partial charge < -0.3 is 4.84 Å². The van der Waals surface area contributed by atoms with Crippen LogP contribution in [0, 0.1) is 0 Å². The summed E-state index contributed by atoms with van der Waals surface area (Å²) >= 11 is 1.72. The van der Waals surface area contributed by atoms with E-state index in [1.807, 2.05) is 6.26 Å². The summed E-state index contributed by atoms with van der Waals surface area (Å²) < 4.78 is 0. The highest BCUT2D eigenvalue weighted by atomic mass is 32.2. The Morgan fingerprint density at radius 1 is 1.83 bits per heavy atom. The fraction of sp³-hybridized carbons (Fsp3) is 1.00. The third kappa shape index (κ3) is 4.27. The minimum absolute atomic E-state index is 0.654. The van der Waals surface area contributed by atoms with Crippen molar-refractivity contribution < 1.29 is 4.84 Å². The molecule has 0 saturated heterocycles. The molecule has 38 valence electrons. The molecular formula is C3H9NOS. The molecule has 0 heterocycles. The van der Waals surface area contributed by atoms with Crippen molar-refractivity contribution in [3.05, 3.63) is 0 Å². The van der Waals surface area contributed by atoms with E-state index in [-0.39, 0.29) is 0 Å². The summed E-state index contributed by atoms with van der Waals surface area (Å²) in [5, 5.41) is 0. The lowest BCUT2D eigenvalue weighted by atomic mass is 10.9. The van der Waals surface area contributed by atoms with Crippen molar-refractivity contribution in [2.75, 3.05) is 18.6 Å². The monoisotopic (exact) mass is 107 g/mol. The number of hydrogen-bond acceptors (Lipinski definition) is 3. The van der Waals surface area contributed by atoms with Crippen molar-refractivity contribution in [2.45, 2.75) is 0 Å². The molecule has 0 aliphatic carbocycles. The topological polar surface area (TPSA) is 35.2 Å². The fourth-order valence-corrected chi connectivity index (χ4v) is 0.394. The maximum absolute atomic E-state index is 4.70. The predicted molar refractivity (Wildman–Crippen MR) is 28.5 cm³/mol. The molecule has 0 bridgehead atoms. The summed E-state index contributed by atoms with van der Waals surface area (Å²) in [7, 11) is 0. The van der Waals surface area contributed by atoms with Crippen molar-refractivity contribution in [2.24, 2.45) is 5.90 Å². The fourth-order valence-electron chi connectivity index (χ4n) is 0.131. The second-order valence-electron chi connectivity index (χ2n) is 0.864. The highest BCUT2D eigenvalue weighted by Crippen LogP contribution is 1.86. The van der Waals surface area contributed by atoms with Gasteiger partial charge in [0.2, 0.25) is 0 Å². The van der Waals surface area contributed by atoms with Crippen LogP contribution in [0.3, 0.4) is 0 Å². The number of nitrogens with two attached hydrogens (primary N) is 1. The molecule has 0 unspecified atom stereocenters. The van der Waals surface area contributed by atoms with Crippen LogP contribution in [0.2, 0.25) is 0 Å². The van der Waals surface area contributed by atoms with Gasteiger partial charge in [0.05, 0.1) is 6.61 Å². The highest BCUT2D eigenvalue weighted by molar-refractivity contribution is 7.98. The van der Waals surface area contributed by atoms with E-state index in [1.165, 1.54) is 0 Å². The number of rotatable bonds is 3. The Labute approximate surface area is 42.0 Å². The van der Waals surface area contributed by atoms with E-state index in [9.17, 15) is 0 Å². The quantitative estimate of drug-likeness (QED) is 0.414. The average Bonchev–Trinajstić information content (AvgIpc) is 1.61. The second-order valence-corrected chi connectivity index (χ2v) is 1.85. The first-order valence-corrected chi connectivity index (χ1v) is 3.12. The van der Waals surface area contributed by atoms with Gasteiger partial charge in [-0.3, -0.25) is 0 Å². The van der Waals surface area contributed by atoms with Crippen LogP contribution in [0.5, 0.6) is 0 Å². The van der Waals surface area contributed by atoms with Crippen LogP contribution in [0.1, 0.15) is 0 Å². The van der Waals surface area contributed by atoms with Gasteiger partial charge >= 0.3 is 0 Å². The third-order valence-electron chi connectivity index (χ3n) is 0.405. The predicted octanol–water partition coefficient (Wildman–Crippen LogP) is 0.240. The smallest absolute Gasteiger partial charge is 0.0769 e. The molecule has 0 rings (SSSR count). The lowest BCUT2D eigenvalue weighted by molar-refractivity contribution is 0.155. The first-order valence-electron chi connectivity index (χ1n) is 1.72. The summed E-state index contributed by atoms with van der Waals surface area (Å²) in [5.41, 5.74) is 0. The molecule has 2 N–H and O–H groups in total. The minimum Gasteiger partial charge on any atom is -0.304 e. The summed E-state index contributed by atoms with van der Waals surface area (Å²) in [6, 6.07) is 0. The molecule has 0 radical (unpaired) electrons. The largest absolute Gasteiger partial charge is 0.304 e. The molecule has 3 heteroatoms. The van der Waals surface area contributed by atoms with E-state index in [0.29, 0.717) is 6.61 Å². The van der Waals surface area contributed by atoms with Gasteiger partial charge in [-0.05, 0) is 6.26 Å². The van der Waals surface area contributed by atoms with E-state index in [4.69, 9.17) is 5.90 Å². The SMILES string of the molecule is CSCCON. The maximum Gasteiger partial charge on any atom is 0.0769 e. The Kier molecular flexibility index (Phi) is 5.51. The molecule has 0 spiro atoms. The first kappa shape index (κ1) is 6.27. The normalized spacial score (nSPS) is 9.00. The molecule has 0 aliphatic heterocycles. The standard InChI is InChI=1S/C3H9NOS/c1-6-3-2-5-4/h2-4H2,1H3. The van der Waals surface area contributed by atoms with Gasteiger partial charge in [-0.1, -0.05) is 0 Å². The molecule has 0 saturated carbocycles. The molecule has 0 aliphatic rings. The number of thioether (sulfide) groups is 1. The first-order chi connectivity index (χ1) is 2.91.